The van der Waals surface area contributed by atoms with Crippen LogP contribution in [0.3, 0.4) is 0 Å². The zero-order valence-corrected chi connectivity index (χ0v) is 6.05. The summed E-state index contributed by atoms with van der Waals surface area (Å²) in [7, 11) is 0. The maximum absolute atomic E-state index is 12.2. The van der Waals surface area contributed by atoms with Crippen LogP contribution in [0, 0.1) is 0 Å². The molecular weight excluding hydrogens is 189 g/mol. The fraction of sp³-hybridized carbons (Fsp3) is 0.200. The molecule has 0 radical (unpaired) electrons. The van der Waals surface area contributed by atoms with Gasteiger partial charge in [-0.1, -0.05) is 15.9 Å². The molecule has 2 nitrogen and oxygen atoms in total. The third-order valence-electron chi connectivity index (χ3n) is 0.923. The molecule has 4 heteroatoms. The molecule has 1 aliphatic heterocycles. The van der Waals surface area contributed by atoms with Crippen molar-refractivity contribution in [3.8, 4) is 0 Å². The molecule has 1 aliphatic rings. The van der Waals surface area contributed by atoms with E-state index in [0.717, 1.165) is 11.3 Å². The second-order valence-electron chi connectivity index (χ2n) is 1.63. The van der Waals surface area contributed by atoms with Gasteiger partial charge in [-0.05, 0) is 12.2 Å². The Morgan fingerprint density at radius 2 is 2.44 bits per heavy atom. The normalized spacial score (nSPS) is 26.3. The summed E-state index contributed by atoms with van der Waals surface area (Å²) in [4.78, 5) is -0.308. The lowest BCUT2D eigenvalue weighted by atomic mass is 10.4. The fourth-order valence-electron chi connectivity index (χ4n) is 0.500. The lowest BCUT2D eigenvalue weighted by molar-refractivity contribution is -0.0412. The standard InChI is InChI=1S/C5H5BrFNO/c6-5-2-1-4(7)3-8(5)9/h1-3,5,9H. The molecule has 0 saturated heterocycles. The molecule has 0 aromatic rings. The van der Waals surface area contributed by atoms with Crippen LogP contribution in [0.5, 0.6) is 0 Å². The van der Waals surface area contributed by atoms with Crippen molar-refractivity contribution >= 4 is 15.9 Å². The van der Waals surface area contributed by atoms with Crippen LogP contribution in [0.2, 0.25) is 0 Å². The molecule has 0 bridgehead atoms. The molecule has 1 atom stereocenters. The summed E-state index contributed by atoms with van der Waals surface area (Å²) in [5.41, 5.74) is 0. The van der Waals surface area contributed by atoms with Gasteiger partial charge in [0.25, 0.3) is 0 Å². The van der Waals surface area contributed by atoms with E-state index in [1.54, 1.807) is 0 Å². The maximum atomic E-state index is 12.2. The van der Waals surface area contributed by atoms with Crippen molar-refractivity contribution in [2.24, 2.45) is 0 Å². The average Bonchev–Trinajstić information content (AvgIpc) is 1.80. The predicted molar refractivity (Wildman–Crippen MR) is 34.7 cm³/mol. The first-order chi connectivity index (χ1) is 4.20. The number of halogens is 2. The molecule has 1 unspecified atom stereocenters. The van der Waals surface area contributed by atoms with Gasteiger partial charge in [-0.25, -0.2) is 9.45 Å². The van der Waals surface area contributed by atoms with Crippen LogP contribution in [0.15, 0.2) is 24.2 Å². The summed E-state index contributed by atoms with van der Waals surface area (Å²) in [5.74, 6) is -0.451. The summed E-state index contributed by atoms with van der Waals surface area (Å²) >= 11 is 3.06. The average molecular weight is 194 g/mol. The van der Waals surface area contributed by atoms with Gasteiger partial charge in [0.2, 0.25) is 0 Å². The van der Waals surface area contributed by atoms with Gasteiger partial charge in [-0.3, -0.25) is 5.21 Å². The Morgan fingerprint density at radius 3 is 2.89 bits per heavy atom. The molecule has 0 aromatic heterocycles. The van der Waals surface area contributed by atoms with Crippen molar-refractivity contribution in [2.75, 3.05) is 0 Å². The van der Waals surface area contributed by atoms with E-state index in [0.29, 0.717) is 0 Å². The zero-order valence-electron chi connectivity index (χ0n) is 4.46. The molecular formula is C5H5BrFNO. The lowest BCUT2D eigenvalue weighted by Crippen LogP contribution is -2.21. The van der Waals surface area contributed by atoms with E-state index in [1.165, 1.54) is 12.2 Å². The first-order valence-electron chi connectivity index (χ1n) is 2.37. The summed E-state index contributed by atoms with van der Waals surface area (Å²) < 4.78 is 12.2. The van der Waals surface area contributed by atoms with Crippen molar-refractivity contribution in [1.29, 1.82) is 0 Å². The summed E-state index contributed by atoms with van der Waals surface area (Å²) in [5, 5.41) is 9.51. The number of nitrogens with zero attached hydrogens (tertiary/aromatic N) is 1. The molecule has 1 rings (SSSR count). The van der Waals surface area contributed by atoms with Gasteiger partial charge >= 0.3 is 0 Å². The SMILES string of the molecule is ON1C=C(F)C=CC1Br. The van der Waals surface area contributed by atoms with Crippen molar-refractivity contribution in [3.05, 3.63) is 24.2 Å². The Hall–Kier alpha value is -0.350. The number of rotatable bonds is 0. The number of hydrogen-bond acceptors (Lipinski definition) is 2. The quantitative estimate of drug-likeness (QED) is 0.469. The van der Waals surface area contributed by atoms with Gasteiger partial charge in [-0.15, -0.1) is 0 Å². The monoisotopic (exact) mass is 193 g/mol. The Morgan fingerprint density at radius 1 is 1.78 bits per heavy atom. The Bertz CT molecular complexity index is 168. The van der Waals surface area contributed by atoms with Gasteiger partial charge in [0, 0.05) is 0 Å². The lowest BCUT2D eigenvalue weighted by Gasteiger charge is -2.18. The number of hydrogen-bond donors (Lipinski definition) is 1. The molecule has 0 saturated carbocycles. The van der Waals surface area contributed by atoms with Gasteiger partial charge in [-0.2, -0.15) is 0 Å². The van der Waals surface area contributed by atoms with E-state index in [4.69, 9.17) is 5.21 Å². The van der Waals surface area contributed by atoms with Gasteiger partial charge in [0.05, 0.1) is 6.20 Å². The third-order valence-corrected chi connectivity index (χ3v) is 1.65. The smallest absolute Gasteiger partial charge is 0.141 e. The molecule has 50 valence electrons. The minimum absolute atomic E-state index is 0.308. The third kappa shape index (κ3) is 1.53. The van der Waals surface area contributed by atoms with Gasteiger partial charge < -0.3 is 0 Å². The van der Waals surface area contributed by atoms with Crippen LogP contribution in [0.4, 0.5) is 4.39 Å². The Kier molecular flexibility index (Phi) is 1.87. The van der Waals surface area contributed by atoms with E-state index in [9.17, 15) is 4.39 Å². The van der Waals surface area contributed by atoms with Crippen molar-refractivity contribution in [3.63, 3.8) is 0 Å². The largest absolute Gasteiger partial charge is 0.287 e. The van der Waals surface area contributed by atoms with Crippen LogP contribution in [-0.2, 0) is 0 Å². The number of alkyl halides is 1. The van der Waals surface area contributed by atoms with Crippen LogP contribution >= 0.6 is 15.9 Å². The Labute approximate surface area is 60.4 Å². The fourth-order valence-corrected chi connectivity index (χ4v) is 0.771. The number of hydroxylamine groups is 2. The van der Waals surface area contributed by atoms with Crippen molar-refractivity contribution in [2.45, 2.75) is 4.95 Å². The van der Waals surface area contributed by atoms with Gasteiger partial charge in [0.1, 0.15) is 10.8 Å². The molecule has 0 fully saturated rings. The second-order valence-corrected chi connectivity index (χ2v) is 2.56. The van der Waals surface area contributed by atoms with E-state index in [-0.39, 0.29) is 4.95 Å². The van der Waals surface area contributed by atoms with E-state index < -0.39 is 5.83 Å². The zero-order chi connectivity index (χ0) is 6.85. The molecule has 0 aliphatic carbocycles. The van der Waals surface area contributed by atoms with Gasteiger partial charge in [0.15, 0.2) is 0 Å². The first kappa shape index (κ1) is 6.77. The molecule has 9 heavy (non-hydrogen) atoms. The van der Waals surface area contributed by atoms with Crippen molar-refractivity contribution < 1.29 is 9.60 Å². The Balaban J connectivity index is 2.70. The van der Waals surface area contributed by atoms with E-state index in [1.807, 2.05) is 0 Å². The van der Waals surface area contributed by atoms with E-state index >= 15 is 0 Å². The van der Waals surface area contributed by atoms with Crippen LogP contribution < -0.4 is 0 Å². The molecule has 1 N–H and O–H groups in total. The molecule has 0 amide bonds. The van der Waals surface area contributed by atoms with Crippen LogP contribution in [0.25, 0.3) is 0 Å². The minimum Gasteiger partial charge on any atom is -0.287 e. The highest BCUT2D eigenvalue weighted by molar-refractivity contribution is 9.09. The maximum Gasteiger partial charge on any atom is 0.141 e. The summed E-state index contributed by atoms with van der Waals surface area (Å²) in [6, 6.07) is 0. The highest BCUT2D eigenvalue weighted by Crippen LogP contribution is 2.15. The molecule has 0 spiro atoms. The topological polar surface area (TPSA) is 23.5 Å². The first-order valence-corrected chi connectivity index (χ1v) is 3.28. The second kappa shape index (κ2) is 2.49. The number of allylic oxidation sites excluding steroid dienone is 2. The van der Waals surface area contributed by atoms with Crippen LogP contribution in [0.1, 0.15) is 0 Å². The highest BCUT2D eigenvalue weighted by Gasteiger charge is 2.10. The summed E-state index contributed by atoms with van der Waals surface area (Å²) in [6.45, 7) is 0. The minimum atomic E-state index is -0.451. The predicted octanol–water partition coefficient (Wildman–Crippen LogP) is 1.78. The summed E-state index contributed by atoms with van der Waals surface area (Å²) in [6.07, 6.45) is 3.78. The molecule has 0 aromatic carbocycles. The molecule has 1 heterocycles. The highest BCUT2D eigenvalue weighted by atomic mass is 79.9. The van der Waals surface area contributed by atoms with Crippen molar-refractivity contribution in [1.82, 2.24) is 5.06 Å². The van der Waals surface area contributed by atoms with Crippen LogP contribution in [-0.4, -0.2) is 15.2 Å². The van der Waals surface area contributed by atoms with E-state index in [2.05, 4.69) is 15.9 Å².